The molecule has 3 aliphatic rings. The number of para-hydroxylation sites is 1. The maximum absolute atomic E-state index is 14.2. The van der Waals surface area contributed by atoms with Gasteiger partial charge >= 0.3 is 0 Å². The maximum atomic E-state index is 14.2. The SMILES string of the molecule is CCOc1ccc(NC(=O)[C@@H]2[C@H]3C(=O)N([C@H](C)CO)C(C(=O)NCn4nnc5ccccc54)C34CC[C@@]2(CC)O4)cc1. The minimum Gasteiger partial charge on any atom is -0.494 e. The summed E-state index contributed by atoms with van der Waals surface area (Å²) in [5, 5.41) is 24.3. The lowest BCUT2D eigenvalue weighted by molar-refractivity contribution is -0.149. The number of benzene rings is 2. The Hall–Kier alpha value is -4.03. The minimum absolute atomic E-state index is 0.0344. The van der Waals surface area contributed by atoms with Gasteiger partial charge in [0, 0.05) is 5.69 Å². The van der Waals surface area contributed by atoms with E-state index in [9.17, 15) is 19.5 Å². The normalized spacial score (nSPS) is 28.6. The number of likely N-dealkylation sites (tertiary alicyclic amines) is 1. The summed E-state index contributed by atoms with van der Waals surface area (Å²) in [6.45, 7) is 5.76. The first-order valence-electron chi connectivity index (χ1n) is 14.5. The first-order chi connectivity index (χ1) is 20.3. The van der Waals surface area contributed by atoms with Crippen LogP contribution in [-0.4, -0.2) is 79.2 Å². The summed E-state index contributed by atoms with van der Waals surface area (Å²) >= 11 is 0. The summed E-state index contributed by atoms with van der Waals surface area (Å²) in [5.74, 6) is -2.09. The molecule has 4 heterocycles. The lowest BCUT2D eigenvalue weighted by Gasteiger charge is -2.36. The van der Waals surface area contributed by atoms with Crippen LogP contribution in [0.25, 0.3) is 11.0 Å². The molecule has 2 aromatic carbocycles. The van der Waals surface area contributed by atoms with E-state index in [1.807, 2.05) is 38.1 Å². The van der Waals surface area contributed by atoms with Crippen molar-refractivity contribution < 1.29 is 29.0 Å². The van der Waals surface area contributed by atoms with Gasteiger partial charge in [0.05, 0.1) is 42.2 Å². The van der Waals surface area contributed by atoms with Crippen LogP contribution in [-0.2, 0) is 25.8 Å². The number of aliphatic hydroxyl groups is 1. The van der Waals surface area contributed by atoms with Gasteiger partial charge in [-0.1, -0.05) is 24.3 Å². The molecule has 0 aliphatic carbocycles. The van der Waals surface area contributed by atoms with Crippen LogP contribution in [0.4, 0.5) is 5.69 Å². The highest BCUT2D eigenvalue weighted by atomic mass is 16.5. The third-order valence-corrected chi connectivity index (χ3v) is 9.14. The quantitative estimate of drug-likeness (QED) is 0.332. The molecule has 2 unspecified atom stereocenters. The summed E-state index contributed by atoms with van der Waals surface area (Å²) < 4.78 is 13.8. The molecule has 3 aliphatic heterocycles. The Morgan fingerprint density at radius 2 is 1.90 bits per heavy atom. The predicted molar refractivity (Wildman–Crippen MR) is 152 cm³/mol. The van der Waals surface area contributed by atoms with Gasteiger partial charge in [-0.3, -0.25) is 14.4 Å². The van der Waals surface area contributed by atoms with Crippen LogP contribution in [0.2, 0.25) is 0 Å². The first-order valence-corrected chi connectivity index (χ1v) is 14.5. The Balaban J connectivity index is 1.30. The van der Waals surface area contributed by atoms with Gasteiger partial charge in [-0.25, -0.2) is 4.68 Å². The van der Waals surface area contributed by atoms with Crippen molar-refractivity contribution in [2.75, 3.05) is 18.5 Å². The zero-order valence-corrected chi connectivity index (χ0v) is 23.9. The molecule has 3 fully saturated rings. The highest BCUT2D eigenvalue weighted by molar-refractivity contribution is 6.02. The van der Waals surface area contributed by atoms with E-state index in [0.29, 0.717) is 42.8 Å². The smallest absolute Gasteiger partial charge is 0.247 e. The number of ether oxygens (including phenoxy) is 2. The van der Waals surface area contributed by atoms with Crippen LogP contribution in [0.3, 0.4) is 0 Å². The Labute approximate surface area is 243 Å². The molecule has 42 heavy (non-hydrogen) atoms. The number of fused-ring (bicyclic) bond motifs is 2. The monoisotopic (exact) mass is 576 g/mol. The van der Waals surface area contributed by atoms with E-state index in [0.717, 1.165) is 5.52 Å². The van der Waals surface area contributed by atoms with E-state index in [2.05, 4.69) is 20.9 Å². The summed E-state index contributed by atoms with van der Waals surface area (Å²) in [6, 6.07) is 12.8. The molecule has 12 nitrogen and oxygen atoms in total. The molecule has 1 aromatic heterocycles. The number of anilines is 1. The summed E-state index contributed by atoms with van der Waals surface area (Å²) in [7, 11) is 0. The van der Waals surface area contributed by atoms with Crippen LogP contribution < -0.4 is 15.4 Å². The van der Waals surface area contributed by atoms with E-state index in [4.69, 9.17) is 9.47 Å². The Kier molecular flexibility index (Phi) is 7.14. The molecule has 6 atom stereocenters. The molecule has 1 spiro atoms. The van der Waals surface area contributed by atoms with Gasteiger partial charge in [0.25, 0.3) is 0 Å². The third-order valence-electron chi connectivity index (χ3n) is 9.14. The van der Waals surface area contributed by atoms with Crippen LogP contribution in [0.5, 0.6) is 5.75 Å². The van der Waals surface area contributed by atoms with Gasteiger partial charge in [0.1, 0.15) is 29.6 Å². The molecule has 2 bridgehead atoms. The molecule has 3 N–H and O–H groups in total. The zero-order chi connectivity index (χ0) is 29.6. The molecule has 3 amide bonds. The number of nitrogens with zero attached hydrogens (tertiary/aromatic N) is 4. The van der Waals surface area contributed by atoms with Crippen LogP contribution in [0.1, 0.15) is 40.0 Å². The van der Waals surface area contributed by atoms with Crippen LogP contribution in [0.15, 0.2) is 48.5 Å². The van der Waals surface area contributed by atoms with Gasteiger partial charge in [0.15, 0.2) is 0 Å². The van der Waals surface area contributed by atoms with Gasteiger partial charge < -0.3 is 30.1 Å². The fourth-order valence-electron chi connectivity index (χ4n) is 7.22. The number of hydrogen-bond donors (Lipinski definition) is 3. The molecule has 12 heteroatoms. The molecule has 3 saturated heterocycles. The van der Waals surface area contributed by atoms with E-state index in [1.165, 1.54) is 4.90 Å². The molecule has 6 rings (SSSR count). The predicted octanol–water partition coefficient (Wildman–Crippen LogP) is 2.08. The highest BCUT2D eigenvalue weighted by Crippen LogP contribution is 2.64. The summed E-state index contributed by atoms with van der Waals surface area (Å²) in [5.41, 5.74) is -0.0599. The van der Waals surface area contributed by atoms with E-state index in [1.54, 1.807) is 35.9 Å². The molecule has 3 aromatic rings. The molecular formula is C30H36N6O6. The second-order valence-electron chi connectivity index (χ2n) is 11.3. The molecule has 0 radical (unpaired) electrons. The molecular weight excluding hydrogens is 540 g/mol. The average Bonchev–Trinajstić information content (AvgIpc) is 3.73. The summed E-state index contributed by atoms with van der Waals surface area (Å²) in [6.07, 6.45) is 1.49. The number of aliphatic hydroxyl groups excluding tert-OH is 1. The van der Waals surface area contributed by atoms with Crippen molar-refractivity contribution in [1.29, 1.82) is 0 Å². The second-order valence-corrected chi connectivity index (χ2v) is 11.3. The second kappa shape index (κ2) is 10.7. The van der Waals surface area contributed by atoms with E-state index in [-0.39, 0.29) is 25.1 Å². The summed E-state index contributed by atoms with van der Waals surface area (Å²) in [4.78, 5) is 43.5. The maximum Gasteiger partial charge on any atom is 0.247 e. The van der Waals surface area contributed by atoms with Crippen molar-refractivity contribution in [2.45, 2.75) is 70.0 Å². The minimum atomic E-state index is -1.20. The van der Waals surface area contributed by atoms with Crippen molar-refractivity contribution in [2.24, 2.45) is 11.8 Å². The van der Waals surface area contributed by atoms with Crippen LogP contribution >= 0.6 is 0 Å². The topological polar surface area (TPSA) is 148 Å². The Morgan fingerprint density at radius 1 is 1.14 bits per heavy atom. The van der Waals surface area contributed by atoms with Crippen molar-refractivity contribution in [3.05, 3.63) is 48.5 Å². The van der Waals surface area contributed by atoms with E-state index < -0.39 is 41.0 Å². The number of carbonyl (C=O) groups excluding carboxylic acids is 3. The van der Waals surface area contributed by atoms with Crippen molar-refractivity contribution in [1.82, 2.24) is 25.2 Å². The number of hydrogen-bond acceptors (Lipinski definition) is 8. The number of carbonyl (C=O) groups is 3. The number of aromatic nitrogens is 3. The lowest BCUT2D eigenvalue weighted by Crippen LogP contribution is -2.57. The fraction of sp³-hybridized carbons (Fsp3) is 0.500. The first kappa shape index (κ1) is 28.1. The van der Waals surface area contributed by atoms with Crippen molar-refractivity contribution >= 4 is 34.4 Å². The standard InChI is InChI=1S/C30H36N6O6/c1-4-29-14-15-30(42-29)24(23(29)26(38)32-19-10-12-20(13-11-19)41-5-2)28(40)36(18(3)16-37)25(30)27(39)31-17-35-22-9-7-6-8-21(22)33-34-35/h6-13,18,23-25,37H,4-5,14-17H2,1-3H3,(H,31,39)(H,32,38)/t18-,23+,24+,25?,29-,30?/m1/s1. The number of rotatable bonds is 10. The van der Waals surface area contributed by atoms with E-state index >= 15 is 0 Å². The average molecular weight is 577 g/mol. The van der Waals surface area contributed by atoms with Crippen molar-refractivity contribution in [3.63, 3.8) is 0 Å². The van der Waals surface area contributed by atoms with Gasteiger partial charge in [-0.15, -0.1) is 5.10 Å². The number of amides is 3. The Morgan fingerprint density at radius 3 is 2.62 bits per heavy atom. The Bertz CT molecular complexity index is 1510. The fourth-order valence-corrected chi connectivity index (χ4v) is 7.22. The van der Waals surface area contributed by atoms with Gasteiger partial charge in [0.2, 0.25) is 17.7 Å². The largest absolute Gasteiger partial charge is 0.494 e. The lowest BCUT2D eigenvalue weighted by atomic mass is 9.65. The highest BCUT2D eigenvalue weighted by Gasteiger charge is 2.79. The zero-order valence-electron chi connectivity index (χ0n) is 23.9. The van der Waals surface area contributed by atoms with Crippen molar-refractivity contribution in [3.8, 4) is 5.75 Å². The third kappa shape index (κ3) is 4.23. The molecule has 222 valence electrons. The van der Waals surface area contributed by atoms with Gasteiger partial charge in [-0.05, 0) is 69.5 Å². The van der Waals surface area contributed by atoms with Gasteiger partial charge in [-0.2, -0.15) is 0 Å². The molecule has 0 saturated carbocycles. The number of nitrogens with one attached hydrogen (secondary N) is 2. The van der Waals surface area contributed by atoms with Crippen LogP contribution in [0, 0.1) is 11.8 Å².